The van der Waals surface area contributed by atoms with Crippen LogP contribution in [0.15, 0.2) is 34.7 Å². The molecule has 1 rings (SSSR count). The number of hydrogen-bond acceptors (Lipinski definition) is 4. The molecule has 0 amide bonds. The van der Waals surface area contributed by atoms with Gasteiger partial charge in [0.1, 0.15) is 0 Å². The quantitative estimate of drug-likeness (QED) is 0.443. The fraction of sp³-hybridized carbons (Fsp3) is 0. The van der Waals surface area contributed by atoms with Crippen LogP contribution in [0.2, 0.25) is 0 Å². The third kappa shape index (κ3) is 3.48. The summed E-state index contributed by atoms with van der Waals surface area (Å²) in [6.07, 6.45) is 1.06. The summed E-state index contributed by atoms with van der Waals surface area (Å²) in [6.45, 7) is 0. The Labute approximate surface area is 89.3 Å². The van der Waals surface area contributed by atoms with Gasteiger partial charge in [0.05, 0.1) is 0 Å². The van der Waals surface area contributed by atoms with Crippen LogP contribution >= 0.6 is 0 Å². The van der Waals surface area contributed by atoms with Gasteiger partial charge in [0.15, 0.2) is 0 Å². The van der Waals surface area contributed by atoms with Crippen LogP contribution in [0, 0.1) is 0 Å². The molecular formula is C9H10GeO5. The van der Waals surface area contributed by atoms with Crippen LogP contribution in [0.25, 0.3) is 6.08 Å². The molecule has 0 atom stereocenters. The molecule has 0 fully saturated rings. The summed E-state index contributed by atoms with van der Waals surface area (Å²) in [5, 5.41) is 8.67. The monoisotopic (exact) mass is 272 g/mol. The number of carbonyl (C=O) groups is 1. The first-order chi connectivity index (χ1) is 6.91. The van der Waals surface area contributed by atoms with Crippen molar-refractivity contribution < 1.29 is 22.3 Å². The van der Waals surface area contributed by atoms with E-state index < -0.39 is 24.7 Å². The van der Waals surface area contributed by atoms with E-state index in [2.05, 4.69) is 0 Å². The Bertz CT molecular complexity index is 379. The van der Waals surface area contributed by atoms with Crippen LogP contribution in [0.5, 0.6) is 0 Å². The molecule has 5 nitrogen and oxygen atoms in total. The van der Waals surface area contributed by atoms with Crippen molar-refractivity contribution in [3.63, 3.8) is 0 Å². The predicted octanol–water partition coefficient (Wildman–Crippen LogP) is -0.390. The maximum atomic E-state index is 10.6. The number of carboxylic acids is 1. The van der Waals surface area contributed by atoms with E-state index in [0.29, 0.717) is 5.56 Å². The first kappa shape index (κ1) is 11.9. The Morgan fingerprint density at radius 3 is 2.07 bits per heavy atom. The van der Waals surface area contributed by atoms with E-state index >= 15 is 0 Å². The van der Waals surface area contributed by atoms with Crippen molar-refractivity contribution in [1.29, 1.82) is 0 Å². The van der Waals surface area contributed by atoms with Crippen LogP contribution in [-0.2, 0) is 4.79 Å². The van der Waals surface area contributed by atoms with E-state index in [1.165, 1.54) is 0 Å². The van der Waals surface area contributed by atoms with Crippen molar-refractivity contribution in [2.24, 2.45) is 0 Å². The molecule has 0 bridgehead atoms. The molecule has 0 aliphatic rings. The summed E-state index contributed by atoms with van der Waals surface area (Å²) in [4.78, 5) is 10.6. The van der Waals surface area contributed by atoms with Crippen molar-refractivity contribution in [3.05, 3.63) is 40.3 Å². The molecule has 0 saturated carbocycles. The number of carboxylic acid groups (broad SMARTS) is 1. The summed E-state index contributed by atoms with van der Waals surface area (Å²) in [5.41, 5.74) is 0.488. The average molecular weight is 271 g/mol. The van der Waals surface area contributed by atoms with Crippen molar-refractivity contribution in [2.75, 3.05) is 0 Å². The van der Waals surface area contributed by atoms with Crippen LogP contribution in [-0.4, -0.2) is 37.8 Å². The first-order valence-electron chi connectivity index (χ1n) is 4.09. The van der Waals surface area contributed by atoms with Crippen LogP contribution < -0.4 is 0 Å². The zero-order valence-electron chi connectivity index (χ0n) is 7.66. The molecule has 0 aliphatic heterocycles. The van der Waals surface area contributed by atoms with Gasteiger partial charge in [-0.3, -0.25) is 0 Å². The van der Waals surface area contributed by atoms with Gasteiger partial charge in [-0.25, -0.2) is 0 Å². The molecule has 4 N–H and O–H groups in total. The molecular weight excluding hydrogens is 261 g/mol. The second-order valence-electron chi connectivity index (χ2n) is 2.91. The molecule has 0 aliphatic carbocycles. The molecule has 1 aromatic rings. The van der Waals surface area contributed by atoms with Gasteiger partial charge < -0.3 is 0 Å². The van der Waals surface area contributed by atoms with Crippen molar-refractivity contribution in [2.45, 2.75) is 0 Å². The minimum absolute atomic E-state index is 0.488. The Balaban J connectivity index is 3.12. The van der Waals surface area contributed by atoms with E-state index in [-0.39, 0.29) is 0 Å². The Morgan fingerprint density at radius 1 is 1.13 bits per heavy atom. The maximum absolute atomic E-state index is 10.6. The molecule has 80 valence electrons. The topological polar surface area (TPSA) is 98.0 Å². The third-order valence-corrected chi connectivity index (χ3v) is 3.97. The van der Waals surface area contributed by atoms with E-state index in [4.69, 9.17) is 17.5 Å². The zero-order chi connectivity index (χ0) is 11.5. The second kappa shape index (κ2) is 4.58. The van der Waals surface area contributed by atoms with Gasteiger partial charge in [-0.2, -0.15) is 0 Å². The van der Waals surface area contributed by atoms with Crippen molar-refractivity contribution in [1.82, 2.24) is 0 Å². The van der Waals surface area contributed by atoms with Gasteiger partial charge in [-0.1, -0.05) is 0 Å². The number of benzene rings is 1. The zero-order valence-corrected chi connectivity index (χ0v) is 9.76. The van der Waals surface area contributed by atoms with Crippen LogP contribution in [0.3, 0.4) is 0 Å². The average Bonchev–Trinajstić information content (AvgIpc) is 2.13. The molecule has 0 saturated heterocycles. The van der Waals surface area contributed by atoms with Crippen LogP contribution in [0.1, 0.15) is 5.56 Å². The Morgan fingerprint density at radius 2 is 1.67 bits per heavy atom. The molecule has 0 radical (unpaired) electrons. The van der Waals surface area contributed by atoms with E-state index in [1.54, 1.807) is 30.3 Å². The van der Waals surface area contributed by atoms with Gasteiger partial charge in [-0.05, 0) is 0 Å². The summed E-state index contributed by atoms with van der Waals surface area (Å²) in [7, 11) is 0. The molecule has 0 spiro atoms. The molecule has 0 heterocycles. The van der Waals surface area contributed by atoms with Crippen molar-refractivity contribution >= 4 is 26.3 Å². The fourth-order valence-electron chi connectivity index (χ4n) is 1.02. The molecule has 0 aromatic heterocycles. The summed E-state index contributed by atoms with van der Waals surface area (Å²) >= 11 is -5.27. The Kier molecular flexibility index (Phi) is 3.64. The molecule has 0 unspecified atom stereocenters. The van der Waals surface area contributed by atoms with E-state index in [1.807, 2.05) is 0 Å². The minimum atomic E-state index is -5.27. The summed E-state index contributed by atoms with van der Waals surface area (Å²) in [6, 6.07) is 8.27. The van der Waals surface area contributed by atoms with E-state index in [9.17, 15) is 4.79 Å². The van der Waals surface area contributed by atoms with Crippen molar-refractivity contribution in [3.8, 4) is 0 Å². The van der Waals surface area contributed by atoms with Gasteiger partial charge in [0.25, 0.3) is 0 Å². The third-order valence-electron chi connectivity index (χ3n) is 1.70. The molecule has 1 aromatic carbocycles. The second-order valence-corrected chi connectivity index (χ2v) is 6.71. The van der Waals surface area contributed by atoms with Gasteiger partial charge in [-0.15, -0.1) is 0 Å². The van der Waals surface area contributed by atoms with Gasteiger partial charge >= 0.3 is 88.9 Å². The predicted molar refractivity (Wildman–Crippen MR) is 54.5 cm³/mol. The Hall–Kier alpha value is -1.15. The summed E-state index contributed by atoms with van der Waals surface area (Å²) < 4.78 is 26.2. The fourth-order valence-corrected chi connectivity index (χ4v) is 2.38. The van der Waals surface area contributed by atoms with Gasteiger partial charge in [0, 0.05) is 0 Å². The SMILES string of the molecule is O=C(O)[C](=Cc1ccccc1)[Ge]([OH])([OH])[OH]. The standard InChI is InChI=1S/C9H10GeO5/c11-9(12)8(10(13,14)15)6-7-4-2-1-3-5-7/h1-6,13-15H,(H,11,12). The van der Waals surface area contributed by atoms with E-state index in [0.717, 1.165) is 6.08 Å². The normalized spacial score (nSPS) is 12.6. The molecule has 6 heteroatoms. The molecule has 15 heavy (non-hydrogen) atoms. The van der Waals surface area contributed by atoms with Gasteiger partial charge in [0.2, 0.25) is 0 Å². The number of aliphatic carboxylic acids is 1. The summed E-state index contributed by atoms with van der Waals surface area (Å²) in [5.74, 6) is -1.52. The number of hydrogen-bond donors (Lipinski definition) is 4. The van der Waals surface area contributed by atoms with Crippen LogP contribution in [0.4, 0.5) is 0 Å². The number of rotatable bonds is 3. The first-order valence-corrected chi connectivity index (χ1v) is 7.95.